The first-order valence-corrected chi connectivity index (χ1v) is 8.22. The monoisotopic (exact) mass is 392 g/mol. The lowest BCUT2D eigenvalue weighted by Gasteiger charge is -2.20. The number of urea groups is 1. The van der Waals surface area contributed by atoms with Gasteiger partial charge in [-0.3, -0.25) is 0 Å². The molecule has 0 spiro atoms. The molecule has 146 valence electrons. The molecule has 2 N–H and O–H groups in total. The molecule has 0 aliphatic carbocycles. The molecule has 0 fully saturated rings. The number of aryl methyl sites for hydroxylation is 1. The molecule has 1 aromatic heterocycles. The molecule has 1 atom stereocenters. The molecule has 0 unspecified atom stereocenters. The number of halogens is 4. The topological polar surface area (TPSA) is 59.0 Å². The van der Waals surface area contributed by atoms with Crippen LogP contribution in [0, 0.1) is 5.82 Å². The highest BCUT2D eigenvalue weighted by Crippen LogP contribution is 2.34. The van der Waals surface area contributed by atoms with Gasteiger partial charge in [0.25, 0.3) is 0 Å². The molecule has 0 aliphatic rings. The molecule has 0 aliphatic heterocycles. The van der Waals surface area contributed by atoms with Crippen molar-refractivity contribution >= 4 is 11.7 Å². The maximum absolute atomic E-state index is 13.3. The van der Waals surface area contributed by atoms with Crippen molar-refractivity contribution in [3.63, 3.8) is 0 Å². The Morgan fingerprint density at radius 2 is 1.79 bits per heavy atom. The molecule has 0 radical (unpaired) electrons. The summed E-state index contributed by atoms with van der Waals surface area (Å²) < 4.78 is 54.3. The van der Waals surface area contributed by atoms with Crippen LogP contribution in [0.4, 0.5) is 28.0 Å². The van der Waals surface area contributed by atoms with E-state index in [1.165, 1.54) is 42.6 Å². The maximum atomic E-state index is 13.3. The van der Waals surface area contributed by atoms with Crippen molar-refractivity contribution in [3.05, 3.63) is 83.7 Å². The molecule has 2 aromatic carbocycles. The molecule has 0 saturated heterocycles. The molecule has 28 heavy (non-hydrogen) atoms. The van der Waals surface area contributed by atoms with Gasteiger partial charge in [0.2, 0.25) is 0 Å². The highest BCUT2D eigenvalue weighted by Gasteiger charge is 2.33. The first kappa shape index (κ1) is 19.4. The minimum absolute atomic E-state index is 0.370. The number of para-hydroxylation sites is 1. The highest BCUT2D eigenvalue weighted by atomic mass is 19.4. The van der Waals surface area contributed by atoms with E-state index in [4.69, 9.17) is 0 Å². The van der Waals surface area contributed by atoms with Crippen LogP contribution in [-0.4, -0.2) is 15.6 Å². The lowest BCUT2D eigenvalue weighted by molar-refractivity contribution is -0.136. The summed E-state index contributed by atoms with van der Waals surface area (Å²) in [7, 11) is 1.71. The molecule has 3 rings (SSSR count). The summed E-state index contributed by atoms with van der Waals surface area (Å²) in [6, 6.07) is 8.42. The van der Waals surface area contributed by atoms with E-state index in [9.17, 15) is 22.4 Å². The average molecular weight is 392 g/mol. The second kappa shape index (κ2) is 7.71. The van der Waals surface area contributed by atoms with Crippen LogP contribution in [0.15, 0.2) is 60.9 Å². The smallest absolute Gasteiger partial charge is 0.336 e. The second-order valence-electron chi connectivity index (χ2n) is 6.02. The average Bonchev–Trinajstić information content (AvgIpc) is 3.06. The van der Waals surface area contributed by atoms with Gasteiger partial charge in [0.15, 0.2) is 0 Å². The number of nitrogens with zero attached hydrogens (tertiary/aromatic N) is 2. The summed E-state index contributed by atoms with van der Waals surface area (Å²) in [6.07, 6.45) is -1.44. The van der Waals surface area contributed by atoms with E-state index in [2.05, 4.69) is 15.6 Å². The fourth-order valence-electron chi connectivity index (χ4n) is 2.74. The number of amides is 2. The molecule has 2 amide bonds. The number of aromatic nitrogens is 2. The molecule has 1 heterocycles. The highest BCUT2D eigenvalue weighted by molar-refractivity contribution is 5.90. The van der Waals surface area contributed by atoms with Crippen molar-refractivity contribution in [2.24, 2.45) is 7.05 Å². The third kappa shape index (κ3) is 4.30. The third-order valence-electron chi connectivity index (χ3n) is 4.08. The predicted octanol–water partition coefficient (Wildman–Crippen LogP) is 4.49. The van der Waals surface area contributed by atoms with Crippen LogP contribution in [0.2, 0.25) is 0 Å². The van der Waals surface area contributed by atoms with Gasteiger partial charge in [-0.05, 0) is 29.8 Å². The zero-order valence-corrected chi connectivity index (χ0v) is 14.7. The summed E-state index contributed by atoms with van der Waals surface area (Å²) in [5, 5.41) is 4.83. The largest absolute Gasteiger partial charge is 0.418 e. The van der Waals surface area contributed by atoms with E-state index < -0.39 is 29.6 Å². The van der Waals surface area contributed by atoms with E-state index in [0.717, 1.165) is 12.1 Å². The summed E-state index contributed by atoms with van der Waals surface area (Å²) in [4.78, 5) is 16.6. The summed E-state index contributed by atoms with van der Waals surface area (Å²) in [5.74, 6) is -0.0169. The van der Waals surface area contributed by atoms with E-state index in [1.54, 1.807) is 17.8 Å². The number of anilines is 1. The van der Waals surface area contributed by atoms with Gasteiger partial charge < -0.3 is 15.2 Å². The predicted molar refractivity (Wildman–Crippen MR) is 95.0 cm³/mol. The normalized spacial score (nSPS) is 12.5. The standard InChI is InChI=1S/C19H16F4N4O/c1-27-11-10-24-17(27)16(12-6-8-13(20)9-7-12)26-18(28)25-15-5-3-2-4-14(15)19(21,22)23/h2-11,16H,1H3,(H2,25,26,28)/t16-/m0/s1. The first-order valence-electron chi connectivity index (χ1n) is 8.22. The number of rotatable bonds is 4. The van der Waals surface area contributed by atoms with Crippen LogP contribution in [0.25, 0.3) is 0 Å². The van der Waals surface area contributed by atoms with Crippen molar-refractivity contribution in [1.82, 2.24) is 14.9 Å². The summed E-state index contributed by atoms with van der Waals surface area (Å²) >= 11 is 0. The van der Waals surface area contributed by atoms with Gasteiger partial charge >= 0.3 is 12.2 Å². The minimum Gasteiger partial charge on any atom is -0.336 e. The van der Waals surface area contributed by atoms with Gasteiger partial charge in [-0.25, -0.2) is 14.2 Å². The molecular formula is C19H16F4N4O. The Hall–Kier alpha value is -3.36. The Labute approximate surface area is 158 Å². The number of benzene rings is 2. The minimum atomic E-state index is -4.61. The van der Waals surface area contributed by atoms with Gasteiger partial charge in [-0.2, -0.15) is 13.2 Å². The van der Waals surface area contributed by atoms with Crippen LogP contribution in [0.5, 0.6) is 0 Å². The van der Waals surface area contributed by atoms with Crippen LogP contribution >= 0.6 is 0 Å². The van der Waals surface area contributed by atoms with Gasteiger partial charge in [-0.15, -0.1) is 0 Å². The number of hydrogen-bond donors (Lipinski definition) is 2. The quantitative estimate of drug-likeness (QED) is 0.643. The van der Waals surface area contributed by atoms with Crippen molar-refractivity contribution in [3.8, 4) is 0 Å². The Morgan fingerprint density at radius 1 is 1.11 bits per heavy atom. The molecule has 0 bridgehead atoms. The number of imidazole rings is 1. The number of carbonyl (C=O) groups excluding carboxylic acids is 1. The summed E-state index contributed by atoms with van der Waals surface area (Å²) in [5.41, 5.74) is -0.805. The SMILES string of the molecule is Cn1ccnc1[C@@H](NC(=O)Nc1ccccc1C(F)(F)F)c1ccc(F)cc1. The number of carbonyl (C=O) groups is 1. The van der Waals surface area contributed by atoms with Gasteiger partial charge in [0.1, 0.15) is 17.7 Å². The zero-order valence-electron chi connectivity index (χ0n) is 14.7. The number of nitrogens with one attached hydrogen (secondary N) is 2. The van der Waals surface area contributed by atoms with E-state index in [-0.39, 0.29) is 5.69 Å². The molecular weight excluding hydrogens is 376 g/mol. The van der Waals surface area contributed by atoms with Gasteiger partial charge in [-0.1, -0.05) is 24.3 Å². The van der Waals surface area contributed by atoms with Crippen molar-refractivity contribution in [1.29, 1.82) is 0 Å². The Morgan fingerprint density at radius 3 is 2.39 bits per heavy atom. The fourth-order valence-corrected chi connectivity index (χ4v) is 2.74. The lowest BCUT2D eigenvalue weighted by Crippen LogP contribution is -2.35. The maximum Gasteiger partial charge on any atom is 0.418 e. The van der Waals surface area contributed by atoms with Crippen LogP contribution in [0.1, 0.15) is 23.0 Å². The lowest BCUT2D eigenvalue weighted by atomic mass is 10.1. The Balaban J connectivity index is 1.87. The first-order chi connectivity index (χ1) is 13.3. The van der Waals surface area contributed by atoms with E-state index in [0.29, 0.717) is 11.4 Å². The third-order valence-corrected chi connectivity index (χ3v) is 4.08. The molecule has 9 heteroatoms. The zero-order chi connectivity index (χ0) is 20.3. The number of alkyl halides is 3. The van der Waals surface area contributed by atoms with Gasteiger partial charge in [0.05, 0.1) is 11.3 Å². The Bertz CT molecular complexity index is 967. The fraction of sp³-hybridized carbons (Fsp3) is 0.158. The van der Waals surface area contributed by atoms with Crippen LogP contribution in [0.3, 0.4) is 0 Å². The van der Waals surface area contributed by atoms with E-state index >= 15 is 0 Å². The van der Waals surface area contributed by atoms with Crippen molar-refractivity contribution in [2.45, 2.75) is 12.2 Å². The van der Waals surface area contributed by atoms with E-state index in [1.807, 2.05) is 0 Å². The molecule has 0 saturated carbocycles. The molecule has 3 aromatic rings. The van der Waals surface area contributed by atoms with Crippen molar-refractivity contribution in [2.75, 3.05) is 5.32 Å². The van der Waals surface area contributed by atoms with Crippen LogP contribution in [-0.2, 0) is 13.2 Å². The van der Waals surface area contributed by atoms with Crippen LogP contribution < -0.4 is 10.6 Å². The second-order valence-corrected chi connectivity index (χ2v) is 6.02. The molecule has 5 nitrogen and oxygen atoms in total. The number of hydrogen-bond acceptors (Lipinski definition) is 2. The summed E-state index contributed by atoms with van der Waals surface area (Å²) in [6.45, 7) is 0. The Kier molecular flexibility index (Phi) is 5.34. The van der Waals surface area contributed by atoms with Gasteiger partial charge in [0, 0.05) is 19.4 Å². The van der Waals surface area contributed by atoms with Crippen molar-refractivity contribution < 1.29 is 22.4 Å².